The van der Waals surface area contributed by atoms with Crippen LogP contribution in [0, 0.1) is 0 Å². The molecule has 13 rings (SSSR count). The molecule has 2 heteroatoms. The Morgan fingerprint density at radius 3 is 1.34 bits per heavy atom. The summed E-state index contributed by atoms with van der Waals surface area (Å²) in [5.41, 5.74) is 19.0. The molecular formula is C72H58N2. The molecule has 0 fully saturated rings. The number of para-hydroxylation sites is 1. The summed E-state index contributed by atoms with van der Waals surface area (Å²) < 4.78 is 2.53. The Labute approximate surface area is 434 Å². The third-order valence-corrected chi connectivity index (χ3v) is 15.4. The highest BCUT2D eigenvalue weighted by molar-refractivity contribution is 6.28. The first-order valence-corrected chi connectivity index (χ1v) is 26.1. The van der Waals surface area contributed by atoms with E-state index in [2.05, 4.69) is 294 Å². The maximum Gasteiger partial charge on any atom is 0.0618 e. The molecule has 0 radical (unpaired) electrons. The minimum Gasteiger partial charge on any atom is -0.309 e. The topological polar surface area (TPSA) is 8.17 Å². The van der Waals surface area contributed by atoms with Gasteiger partial charge in [0.15, 0.2) is 0 Å². The first kappa shape index (κ1) is 45.2. The Kier molecular flexibility index (Phi) is 10.7. The van der Waals surface area contributed by atoms with Crippen LogP contribution < -0.4 is 4.90 Å². The van der Waals surface area contributed by atoms with Crippen molar-refractivity contribution in [3.05, 3.63) is 254 Å². The van der Waals surface area contributed by atoms with Gasteiger partial charge >= 0.3 is 0 Å². The van der Waals surface area contributed by atoms with E-state index in [1.54, 1.807) is 0 Å². The van der Waals surface area contributed by atoms with Gasteiger partial charge in [-0.2, -0.15) is 0 Å². The normalized spacial score (nSPS) is 12.2. The minimum absolute atomic E-state index is 0.0150. The van der Waals surface area contributed by atoms with Crippen molar-refractivity contribution in [1.29, 1.82) is 0 Å². The Balaban J connectivity index is 1.09. The molecule has 0 atom stereocenters. The first-order valence-electron chi connectivity index (χ1n) is 26.1. The van der Waals surface area contributed by atoms with Crippen LogP contribution in [0.1, 0.15) is 52.7 Å². The van der Waals surface area contributed by atoms with Crippen LogP contribution in [0.3, 0.4) is 0 Å². The van der Waals surface area contributed by atoms with Crippen molar-refractivity contribution in [2.24, 2.45) is 0 Å². The standard InChI is InChI=1S/C72H58N2/c1-71(2,3)55-35-41-66-62(45-55)63-46-56(72(4,5)6)36-42-67(63)74(66)65-40-34-51-31-37-60-64(39-33-50-32-38-61(65)69(51)68(50)60)73(57-28-17-27-54(44-57)53-26-16-25-52(43-53)47-19-10-7-11-20-47)70-58(48-21-12-8-13-22-48)29-18-30-59(70)49-23-14-9-15-24-49/h7-46H,1-6H3. The molecule has 1 aromatic heterocycles. The lowest BCUT2D eigenvalue weighted by atomic mass is 9.85. The van der Waals surface area contributed by atoms with Crippen LogP contribution in [0.2, 0.25) is 0 Å². The van der Waals surface area contributed by atoms with E-state index in [0.717, 1.165) is 44.9 Å². The van der Waals surface area contributed by atoms with Crippen molar-refractivity contribution < 1.29 is 0 Å². The second-order valence-electron chi connectivity index (χ2n) is 22.2. The molecule has 0 aliphatic rings. The molecule has 0 unspecified atom stereocenters. The maximum atomic E-state index is 2.55. The van der Waals surface area contributed by atoms with E-state index in [4.69, 9.17) is 0 Å². The SMILES string of the molecule is CC(C)(C)c1ccc2c(c1)c1cc(C(C)(C)C)ccc1n2-c1ccc2ccc3c(N(c4cccc(-c5cccc(-c6ccccc6)c5)c4)c4c(-c5ccccc5)cccc4-c4ccccc4)ccc4ccc1c2c43. The molecule has 13 aromatic rings. The Morgan fingerprint density at radius 1 is 0.324 bits per heavy atom. The van der Waals surface area contributed by atoms with Gasteiger partial charge in [-0.05, 0) is 131 Å². The lowest BCUT2D eigenvalue weighted by Crippen LogP contribution is -2.13. The zero-order chi connectivity index (χ0) is 50.3. The predicted molar refractivity (Wildman–Crippen MR) is 318 cm³/mol. The molecule has 0 bridgehead atoms. The van der Waals surface area contributed by atoms with E-state index >= 15 is 0 Å². The molecule has 0 spiro atoms. The van der Waals surface area contributed by atoms with E-state index in [1.165, 1.54) is 87.6 Å². The zero-order valence-electron chi connectivity index (χ0n) is 43.0. The second kappa shape index (κ2) is 17.5. The highest BCUT2D eigenvalue weighted by Gasteiger charge is 2.27. The maximum absolute atomic E-state index is 2.55. The smallest absolute Gasteiger partial charge is 0.0618 e. The predicted octanol–water partition coefficient (Wildman–Crippen LogP) is 20.4. The van der Waals surface area contributed by atoms with Gasteiger partial charge in [-0.15, -0.1) is 0 Å². The summed E-state index contributed by atoms with van der Waals surface area (Å²) >= 11 is 0. The number of anilines is 3. The summed E-state index contributed by atoms with van der Waals surface area (Å²) in [7, 11) is 0. The zero-order valence-corrected chi connectivity index (χ0v) is 43.0. The van der Waals surface area contributed by atoms with Crippen LogP contribution in [0.5, 0.6) is 0 Å². The first-order chi connectivity index (χ1) is 36.0. The van der Waals surface area contributed by atoms with Gasteiger partial charge in [-0.25, -0.2) is 0 Å². The van der Waals surface area contributed by atoms with Gasteiger partial charge in [0.2, 0.25) is 0 Å². The minimum atomic E-state index is 0.0150. The molecule has 74 heavy (non-hydrogen) atoms. The number of hydrogen-bond acceptors (Lipinski definition) is 1. The second-order valence-corrected chi connectivity index (χ2v) is 22.2. The number of rotatable bonds is 8. The quantitative estimate of drug-likeness (QED) is 0.138. The highest BCUT2D eigenvalue weighted by atomic mass is 15.1. The summed E-state index contributed by atoms with van der Waals surface area (Å²) in [6, 6.07) is 90.5. The van der Waals surface area contributed by atoms with E-state index < -0.39 is 0 Å². The molecule has 12 aromatic carbocycles. The average molecular weight is 951 g/mol. The van der Waals surface area contributed by atoms with Gasteiger partial charge in [0.1, 0.15) is 0 Å². The fourth-order valence-corrected chi connectivity index (χ4v) is 11.6. The summed E-state index contributed by atoms with van der Waals surface area (Å²) in [5, 5.41) is 10.0. The van der Waals surface area contributed by atoms with Crippen LogP contribution >= 0.6 is 0 Å². The van der Waals surface area contributed by atoms with Gasteiger partial charge < -0.3 is 9.47 Å². The molecule has 2 nitrogen and oxygen atoms in total. The van der Waals surface area contributed by atoms with Crippen molar-refractivity contribution in [2.45, 2.75) is 52.4 Å². The van der Waals surface area contributed by atoms with Crippen molar-refractivity contribution >= 4 is 71.2 Å². The number of benzene rings is 12. The molecule has 0 saturated carbocycles. The van der Waals surface area contributed by atoms with Crippen LogP contribution in [0.4, 0.5) is 17.1 Å². The summed E-state index contributed by atoms with van der Waals surface area (Å²) in [6.45, 7) is 13.9. The van der Waals surface area contributed by atoms with E-state index in [9.17, 15) is 0 Å². The summed E-state index contributed by atoms with van der Waals surface area (Å²) in [6.07, 6.45) is 0. The molecular weight excluding hydrogens is 893 g/mol. The Hall–Kier alpha value is -8.72. The number of nitrogens with zero attached hydrogens (tertiary/aromatic N) is 2. The number of hydrogen-bond donors (Lipinski definition) is 0. The van der Waals surface area contributed by atoms with Gasteiger partial charge in [0.25, 0.3) is 0 Å². The van der Waals surface area contributed by atoms with Gasteiger partial charge in [-0.3, -0.25) is 0 Å². The molecule has 0 saturated heterocycles. The van der Waals surface area contributed by atoms with E-state index in [0.29, 0.717) is 0 Å². The summed E-state index contributed by atoms with van der Waals surface area (Å²) in [5.74, 6) is 0. The largest absolute Gasteiger partial charge is 0.309 e. The molecule has 0 N–H and O–H groups in total. The number of fused-ring (bicyclic) bond motifs is 3. The monoisotopic (exact) mass is 950 g/mol. The lowest BCUT2D eigenvalue weighted by Gasteiger charge is -2.32. The fraction of sp³-hybridized carbons (Fsp3) is 0.111. The van der Waals surface area contributed by atoms with E-state index in [1.807, 2.05) is 0 Å². The van der Waals surface area contributed by atoms with Gasteiger partial charge in [0.05, 0.1) is 28.1 Å². The van der Waals surface area contributed by atoms with Crippen LogP contribution in [0.25, 0.3) is 104 Å². The molecule has 1 heterocycles. The van der Waals surface area contributed by atoms with Gasteiger partial charge in [0, 0.05) is 38.4 Å². The van der Waals surface area contributed by atoms with Crippen molar-refractivity contribution in [2.75, 3.05) is 4.90 Å². The van der Waals surface area contributed by atoms with E-state index in [-0.39, 0.29) is 10.8 Å². The lowest BCUT2D eigenvalue weighted by molar-refractivity contribution is 0.590. The van der Waals surface area contributed by atoms with Crippen LogP contribution in [-0.2, 0) is 10.8 Å². The van der Waals surface area contributed by atoms with Crippen molar-refractivity contribution in [3.8, 4) is 50.2 Å². The van der Waals surface area contributed by atoms with Gasteiger partial charge in [-0.1, -0.05) is 230 Å². The summed E-state index contributed by atoms with van der Waals surface area (Å²) in [4.78, 5) is 2.55. The molecule has 356 valence electrons. The van der Waals surface area contributed by atoms with Crippen LogP contribution in [-0.4, -0.2) is 4.57 Å². The third kappa shape index (κ3) is 7.64. The number of aromatic nitrogens is 1. The highest BCUT2D eigenvalue weighted by Crippen LogP contribution is 2.51. The Bertz CT molecular complexity index is 4110. The van der Waals surface area contributed by atoms with Crippen molar-refractivity contribution in [1.82, 2.24) is 4.57 Å². The fourth-order valence-electron chi connectivity index (χ4n) is 11.6. The molecule has 0 amide bonds. The molecule has 0 aliphatic heterocycles. The third-order valence-electron chi connectivity index (χ3n) is 15.4. The molecule has 0 aliphatic carbocycles. The average Bonchev–Trinajstić information content (AvgIpc) is 3.77. The Morgan fingerprint density at radius 2 is 0.770 bits per heavy atom. The van der Waals surface area contributed by atoms with Crippen molar-refractivity contribution in [3.63, 3.8) is 0 Å². The van der Waals surface area contributed by atoms with Crippen LogP contribution in [0.15, 0.2) is 243 Å².